The van der Waals surface area contributed by atoms with Crippen molar-refractivity contribution in [3.63, 3.8) is 0 Å². The van der Waals surface area contributed by atoms with Crippen LogP contribution in [0.5, 0.6) is 0 Å². The molecule has 0 N–H and O–H groups in total. The summed E-state index contributed by atoms with van der Waals surface area (Å²) in [6.07, 6.45) is 22.1. The summed E-state index contributed by atoms with van der Waals surface area (Å²) in [5.41, 5.74) is 14.0. The van der Waals surface area contributed by atoms with Gasteiger partial charge < -0.3 is 9.64 Å². The van der Waals surface area contributed by atoms with E-state index < -0.39 is 0 Å². The van der Waals surface area contributed by atoms with Crippen LogP contribution in [0.25, 0.3) is 0 Å². The number of carbonyl (C=O) groups is 1. The second kappa shape index (κ2) is 10.1. The van der Waals surface area contributed by atoms with E-state index in [9.17, 15) is 4.79 Å². The number of ether oxygens (including phenoxy) is 1. The molecule has 1 aliphatic carbocycles. The van der Waals surface area contributed by atoms with Crippen molar-refractivity contribution in [2.75, 3.05) is 11.9 Å². The summed E-state index contributed by atoms with van der Waals surface area (Å²) in [6, 6.07) is 0. The van der Waals surface area contributed by atoms with Crippen LogP contribution in [0.4, 0.5) is 5.69 Å². The number of anilines is 1. The third kappa shape index (κ3) is 4.49. The fourth-order valence-electron chi connectivity index (χ4n) is 5.70. The fourth-order valence-corrected chi connectivity index (χ4v) is 5.70. The lowest BCUT2D eigenvalue weighted by Crippen LogP contribution is -2.12. The summed E-state index contributed by atoms with van der Waals surface area (Å²) in [7, 11) is 2.16. The van der Waals surface area contributed by atoms with Crippen molar-refractivity contribution < 1.29 is 9.53 Å². The molecular formula is C34H36N2O2. The first-order valence-corrected chi connectivity index (χ1v) is 13.4. The molecule has 4 nitrogen and oxygen atoms in total. The number of nitrogens with zero attached hydrogens (tertiary/aromatic N) is 2. The van der Waals surface area contributed by atoms with E-state index in [4.69, 9.17) is 9.73 Å². The predicted molar refractivity (Wildman–Crippen MR) is 157 cm³/mol. The molecule has 194 valence electrons. The molecule has 4 heteroatoms. The first kappa shape index (κ1) is 25.7. The summed E-state index contributed by atoms with van der Waals surface area (Å²) in [6.45, 7) is 13.0. The van der Waals surface area contributed by atoms with Gasteiger partial charge in [0.2, 0.25) is 0 Å². The van der Waals surface area contributed by atoms with Crippen LogP contribution in [0, 0.1) is 33.6 Å². The highest BCUT2D eigenvalue weighted by atomic mass is 16.5. The molecule has 5 rings (SSSR count). The van der Waals surface area contributed by atoms with Crippen molar-refractivity contribution in [3.05, 3.63) is 122 Å². The topological polar surface area (TPSA) is 41.9 Å². The minimum atomic E-state index is -0.317. The Hall–Kier alpha value is -3.92. The number of hydrogen-bond acceptors (Lipinski definition) is 4. The maximum atomic E-state index is 12.7. The van der Waals surface area contributed by atoms with Gasteiger partial charge in [-0.15, -0.1) is 0 Å². The summed E-state index contributed by atoms with van der Waals surface area (Å²) in [5, 5.41) is 0. The van der Waals surface area contributed by atoms with Gasteiger partial charge in [-0.05, 0) is 86.1 Å². The lowest BCUT2D eigenvalue weighted by molar-refractivity contribution is -0.132. The van der Waals surface area contributed by atoms with Gasteiger partial charge in [0.25, 0.3) is 0 Å². The van der Waals surface area contributed by atoms with E-state index >= 15 is 0 Å². The molecule has 3 heterocycles. The third-order valence-electron chi connectivity index (χ3n) is 8.29. The second-order valence-electron chi connectivity index (χ2n) is 10.6. The Morgan fingerprint density at radius 1 is 0.947 bits per heavy atom. The molecule has 0 bridgehead atoms. The van der Waals surface area contributed by atoms with Gasteiger partial charge in [0.15, 0.2) is 0 Å². The van der Waals surface area contributed by atoms with Crippen molar-refractivity contribution in [1.82, 2.24) is 0 Å². The number of hydrogen-bond donors (Lipinski definition) is 0. The van der Waals surface area contributed by atoms with Crippen molar-refractivity contribution in [2.45, 2.75) is 54.4 Å². The highest BCUT2D eigenvalue weighted by Crippen LogP contribution is 2.41. The zero-order valence-electron chi connectivity index (χ0n) is 23.5. The molecular weight excluding hydrogens is 468 g/mol. The van der Waals surface area contributed by atoms with E-state index in [2.05, 4.69) is 83.0 Å². The van der Waals surface area contributed by atoms with Gasteiger partial charge in [-0.3, -0.25) is 4.99 Å². The summed E-state index contributed by atoms with van der Waals surface area (Å²) in [5.74, 6) is 0.590. The van der Waals surface area contributed by atoms with Gasteiger partial charge in [-0.1, -0.05) is 55.5 Å². The summed E-state index contributed by atoms with van der Waals surface area (Å²) in [4.78, 5) is 19.8. The van der Waals surface area contributed by atoms with Gasteiger partial charge in [-0.25, -0.2) is 4.79 Å². The smallest absolute Gasteiger partial charge is 0.345 e. The monoisotopic (exact) mass is 504 g/mol. The Kier molecular flexibility index (Phi) is 6.83. The van der Waals surface area contributed by atoms with Gasteiger partial charge >= 0.3 is 5.97 Å². The number of aliphatic imine (C=N–C) groups is 1. The number of carbonyl (C=O) groups excluding carboxylic acids is 1. The van der Waals surface area contributed by atoms with Crippen LogP contribution < -0.4 is 4.90 Å². The molecule has 4 aliphatic rings. The molecule has 1 atom stereocenters. The molecule has 0 amide bonds. The molecule has 3 aliphatic heterocycles. The molecule has 0 fully saturated rings. The Morgan fingerprint density at radius 2 is 1.66 bits per heavy atom. The number of esters is 1. The van der Waals surface area contributed by atoms with E-state index in [0.29, 0.717) is 23.7 Å². The minimum absolute atomic E-state index is 0.317. The Labute approximate surface area is 226 Å². The molecule has 0 radical (unpaired) electrons. The fraction of sp³-hybridized carbons (Fsp3) is 0.294. The number of cyclic esters (lactones) is 1. The van der Waals surface area contributed by atoms with Gasteiger partial charge in [0.05, 0.1) is 17.0 Å². The molecule has 0 saturated heterocycles. The number of rotatable bonds is 4. The summed E-state index contributed by atoms with van der Waals surface area (Å²) >= 11 is 0. The predicted octanol–water partition coefficient (Wildman–Crippen LogP) is 7.53. The Bertz CT molecular complexity index is 1520. The van der Waals surface area contributed by atoms with Crippen molar-refractivity contribution in [3.8, 4) is 0 Å². The maximum absolute atomic E-state index is 12.7. The zero-order valence-corrected chi connectivity index (χ0v) is 23.5. The van der Waals surface area contributed by atoms with E-state index in [1.807, 2.05) is 31.2 Å². The molecule has 0 saturated carbocycles. The zero-order chi connectivity index (χ0) is 27.1. The normalized spacial score (nSPS) is 23.0. The van der Waals surface area contributed by atoms with Crippen LogP contribution in [0.3, 0.4) is 0 Å². The molecule has 0 aromatic heterocycles. The van der Waals surface area contributed by atoms with Gasteiger partial charge in [0.1, 0.15) is 5.76 Å². The molecule has 1 aromatic rings. The number of fused-ring (bicyclic) bond motifs is 2. The Morgan fingerprint density at radius 3 is 2.42 bits per heavy atom. The van der Waals surface area contributed by atoms with Gasteiger partial charge in [0, 0.05) is 36.8 Å². The minimum Gasteiger partial charge on any atom is -0.423 e. The van der Waals surface area contributed by atoms with Crippen LogP contribution >= 0.6 is 0 Å². The quantitative estimate of drug-likeness (QED) is 0.314. The average Bonchev–Trinajstić information content (AvgIpc) is 3.47. The van der Waals surface area contributed by atoms with Crippen LogP contribution in [-0.4, -0.2) is 18.7 Å². The lowest BCUT2D eigenvalue weighted by Gasteiger charge is -2.20. The van der Waals surface area contributed by atoms with Crippen LogP contribution in [-0.2, 0) is 16.0 Å². The molecule has 0 spiro atoms. The number of benzene rings is 1. The Balaban J connectivity index is 1.29. The highest BCUT2D eigenvalue weighted by molar-refractivity contribution is 6.24. The third-order valence-corrected chi connectivity index (χ3v) is 8.29. The first-order valence-electron chi connectivity index (χ1n) is 13.4. The SMILES string of the molecule is CC1=C(C2=NC3=CC(C)C=CC=C3C2)C(=O)OC1=CC=CC=CC=C1Cc2c(C)c(C)c(C)c(C)c2N1C. The van der Waals surface area contributed by atoms with Crippen molar-refractivity contribution in [2.24, 2.45) is 10.9 Å². The van der Waals surface area contributed by atoms with E-state index in [1.54, 1.807) is 0 Å². The number of likely N-dealkylation sites (N-methyl/N-ethyl adjacent to an activating group) is 1. The van der Waals surface area contributed by atoms with E-state index in [0.717, 1.165) is 29.0 Å². The molecule has 1 aromatic carbocycles. The first-order chi connectivity index (χ1) is 18.2. The lowest BCUT2D eigenvalue weighted by atomic mass is 9.92. The number of allylic oxidation sites excluding steroid dienone is 13. The van der Waals surface area contributed by atoms with Crippen LogP contribution in [0.15, 0.2) is 99.6 Å². The van der Waals surface area contributed by atoms with Crippen LogP contribution in [0.1, 0.15) is 48.1 Å². The maximum Gasteiger partial charge on any atom is 0.345 e. The second-order valence-corrected chi connectivity index (χ2v) is 10.6. The average molecular weight is 505 g/mol. The molecule has 1 unspecified atom stereocenters. The largest absolute Gasteiger partial charge is 0.423 e. The van der Waals surface area contributed by atoms with E-state index in [1.165, 1.54) is 39.2 Å². The van der Waals surface area contributed by atoms with Crippen LogP contribution in [0.2, 0.25) is 0 Å². The molecule has 38 heavy (non-hydrogen) atoms. The van der Waals surface area contributed by atoms with Gasteiger partial charge in [-0.2, -0.15) is 0 Å². The summed E-state index contributed by atoms with van der Waals surface area (Å²) < 4.78 is 5.60. The highest BCUT2D eigenvalue weighted by Gasteiger charge is 2.33. The standard InChI is InChI=1S/C34H36N2O2/c1-20-13-12-14-26-18-30(35-29(26)17-20)32-25(6)31(38-34(32)37)16-11-9-8-10-15-27-19-28-23(4)21(2)22(3)24(5)33(28)36(27)7/h8-17,20H,18-19H2,1-7H3. The van der Waals surface area contributed by atoms with E-state index in [-0.39, 0.29) is 5.97 Å². The van der Waals surface area contributed by atoms with Crippen molar-refractivity contribution >= 4 is 17.4 Å². The van der Waals surface area contributed by atoms with Crippen molar-refractivity contribution in [1.29, 1.82) is 0 Å².